The Labute approximate surface area is 333 Å². The molecule has 0 radical (unpaired) electrons. The number of carbonyl (C=O) groups excluding carboxylic acids is 5. The molecule has 0 saturated carbocycles. The second kappa shape index (κ2) is 18.9. The van der Waals surface area contributed by atoms with Gasteiger partial charge in [-0.15, -0.1) is 0 Å². The van der Waals surface area contributed by atoms with Gasteiger partial charge in [0.25, 0.3) is 11.8 Å². The third-order valence-electron chi connectivity index (χ3n) is 9.64. The molecule has 3 aromatic carbocycles. The summed E-state index contributed by atoms with van der Waals surface area (Å²) >= 11 is 5.14. The van der Waals surface area contributed by atoms with Crippen molar-refractivity contribution in [1.29, 1.82) is 0 Å². The van der Waals surface area contributed by atoms with Gasteiger partial charge in [0.15, 0.2) is 0 Å². The molecule has 4 N–H and O–H groups in total. The van der Waals surface area contributed by atoms with Gasteiger partial charge in [-0.25, -0.2) is 0 Å². The molecule has 0 bridgehead atoms. The number of nitrogens with two attached hydrogens (primary N) is 1. The zero-order valence-corrected chi connectivity index (χ0v) is 31.8. The molecule has 1 saturated heterocycles. The number of hydrogen-bond acceptors (Lipinski definition) is 8. The third-order valence-corrected chi connectivity index (χ3v) is 9.88. The maximum absolute atomic E-state index is 13.5. The highest BCUT2D eigenvalue weighted by Crippen LogP contribution is 2.34. The lowest BCUT2D eigenvalue weighted by Gasteiger charge is -2.27. The van der Waals surface area contributed by atoms with Crippen molar-refractivity contribution < 1.29 is 42.2 Å². The highest BCUT2D eigenvalue weighted by atomic mass is 32.1. The van der Waals surface area contributed by atoms with E-state index in [4.69, 9.17) is 27.4 Å². The van der Waals surface area contributed by atoms with Crippen LogP contribution in [0.3, 0.4) is 0 Å². The van der Waals surface area contributed by atoms with Gasteiger partial charge >= 0.3 is 0 Å². The number of fused-ring (bicyclic) bond motifs is 2. The average molecular weight is 798 g/mol. The molecule has 6 rings (SSSR count). The number of aromatic nitrogens is 1. The van der Waals surface area contributed by atoms with Gasteiger partial charge in [-0.05, 0) is 48.7 Å². The number of halogens is 2. The van der Waals surface area contributed by atoms with Gasteiger partial charge in [-0.3, -0.25) is 43.0 Å². The number of anilines is 1. The van der Waals surface area contributed by atoms with E-state index in [0.717, 1.165) is 21.4 Å². The summed E-state index contributed by atoms with van der Waals surface area (Å²) in [4.78, 5) is 64.0. The largest absolute Gasteiger partial charge is 0.389 e. The van der Waals surface area contributed by atoms with Gasteiger partial charge in [0.1, 0.15) is 11.0 Å². The Morgan fingerprint density at radius 2 is 1.74 bits per heavy atom. The predicted molar refractivity (Wildman–Crippen MR) is 213 cm³/mol. The van der Waals surface area contributed by atoms with Crippen LogP contribution in [0.1, 0.15) is 63.9 Å². The van der Waals surface area contributed by atoms with E-state index in [1.807, 2.05) is 36.5 Å². The molecule has 4 aromatic rings. The van der Waals surface area contributed by atoms with E-state index in [2.05, 4.69) is 22.5 Å². The lowest BCUT2D eigenvalue weighted by atomic mass is 10.0. The minimum absolute atomic E-state index is 0.0405. The first-order chi connectivity index (χ1) is 27.6. The zero-order chi connectivity index (χ0) is 40.5. The van der Waals surface area contributed by atoms with Crippen LogP contribution in [0.15, 0.2) is 66.9 Å². The number of nitrogens with zero attached hydrogens (tertiary/aromatic N) is 2. The maximum atomic E-state index is 13.5. The SMILES string of the molecule is NC(=S)c1cccc(-c2cn(CC(CF)CF)c3cc(NC(=O)CCOCCOCCCC#Cc4cccc5c4C(=O)N(C4CCC(=O)NC4=O)C5=O)ccc23)c1. The van der Waals surface area contributed by atoms with E-state index in [1.54, 1.807) is 28.8 Å². The number of alkyl halides is 2. The lowest BCUT2D eigenvalue weighted by Crippen LogP contribution is -2.54. The number of amides is 5. The summed E-state index contributed by atoms with van der Waals surface area (Å²) < 4.78 is 40.0. The van der Waals surface area contributed by atoms with Crippen molar-refractivity contribution in [2.45, 2.75) is 44.7 Å². The highest BCUT2D eigenvalue weighted by molar-refractivity contribution is 7.80. The molecular weight excluding hydrogens is 757 g/mol. The second-order valence-electron chi connectivity index (χ2n) is 13.7. The number of imide groups is 2. The van der Waals surface area contributed by atoms with Crippen LogP contribution >= 0.6 is 12.2 Å². The van der Waals surface area contributed by atoms with E-state index in [9.17, 15) is 32.8 Å². The Morgan fingerprint density at radius 1 is 0.965 bits per heavy atom. The van der Waals surface area contributed by atoms with Crippen molar-refractivity contribution in [2.75, 3.05) is 45.1 Å². The topological polar surface area (TPSA) is 162 Å². The molecule has 296 valence electrons. The van der Waals surface area contributed by atoms with Crippen molar-refractivity contribution in [3.63, 3.8) is 0 Å². The van der Waals surface area contributed by atoms with Gasteiger partial charge < -0.3 is 25.1 Å². The van der Waals surface area contributed by atoms with Crippen LogP contribution in [0, 0.1) is 17.8 Å². The highest BCUT2D eigenvalue weighted by Gasteiger charge is 2.45. The summed E-state index contributed by atoms with van der Waals surface area (Å²) in [6.07, 6.45) is 3.13. The van der Waals surface area contributed by atoms with Crippen molar-refractivity contribution in [3.05, 3.63) is 89.1 Å². The van der Waals surface area contributed by atoms with Crippen LogP contribution in [-0.2, 0) is 30.4 Å². The van der Waals surface area contributed by atoms with Crippen LogP contribution < -0.4 is 16.4 Å². The van der Waals surface area contributed by atoms with E-state index in [-0.39, 0.29) is 61.0 Å². The van der Waals surface area contributed by atoms with Gasteiger partial charge in [0.2, 0.25) is 17.7 Å². The Morgan fingerprint density at radius 3 is 2.49 bits per heavy atom. The number of benzene rings is 3. The molecule has 5 amide bonds. The molecule has 1 aromatic heterocycles. The first kappa shape index (κ1) is 40.8. The minimum atomic E-state index is -1.05. The molecule has 0 spiro atoms. The number of nitrogens with one attached hydrogen (secondary N) is 2. The molecule has 1 fully saturated rings. The van der Waals surface area contributed by atoms with Gasteiger partial charge in [0.05, 0.1) is 56.2 Å². The van der Waals surface area contributed by atoms with Crippen molar-refractivity contribution in [3.8, 4) is 23.0 Å². The maximum Gasteiger partial charge on any atom is 0.263 e. The number of hydrogen-bond donors (Lipinski definition) is 3. The van der Waals surface area contributed by atoms with E-state index in [0.29, 0.717) is 48.4 Å². The van der Waals surface area contributed by atoms with E-state index in [1.165, 1.54) is 6.07 Å². The normalized spacial score (nSPS) is 15.1. The molecule has 2 aliphatic heterocycles. The molecule has 0 aliphatic carbocycles. The first-order valence-electron chi connectivity index (χ1n) is 18.5. The standard InChI is InChI=1S/C42H41F2N5O7S/c43-22-26(23-44)24-48-25-33(28-8-4-9-29(20-28)39(45)57)31-12-11-30(21-35(31)48)46-37(51)15-17-56-19-18-55-16-3-1-2-6-27-7-5-10-32-38(27)42(54)49(41(32)53)34-13-14-36(50)47-40(34)52/h4-5,7-12,20-21,25-26,34H,1,3,13-19,22-24H2,(H2,45,57)(H,46,51)(H,47,50,52). The summed E-state index contributed by atoms with van der Waals surface area (Å²) in [5, 5.41) is 5.90. The quantitative estimate of drug-likeness (QED) is 0.0572. The Bertz CT molecular complexity index is 2280. The fraction of sp³-hybridized carbons (Fsp3) is 0.333. The fourth-order valence-electron chi connectivity index (χ4n) is 6.76. The van der Waals surface area contributed by atoms with Gasteiger partial charge in [-0.1, -0.05) is 54.4 Å². The van der Waals surface area contributed by atoms with Crippen LogP contribution in [-0.4, -0.2) is 89.8 Å². The van der Waals surface area contributed by atoms with Crippen LogP contribution in [0.25, 0.3) is 22.0 Å². The van der Waals surface area contributed by atoms with E-state index < -0.39 is 48.9 Å². The molecule has 57 heavy (non-hydrogen) atoms. The van der Waals surface area contributed by atoms with Crippen molar-refractivity contribution >= 4 is 63.3 Å². The monoisotopic (exact) mass is 797 g/mol. The summed E-state index contributed by atoms with van der Waals surface area (Å²) in [5.41, 5.74) is 10.2. The molecule has 15 heteroatoms. The Kier molecular flexibility index (Phi) is 13.5. The lowest BCUT2D eigenvalue weighted by molar-refractivity contribution is -0.136. The molecule has 3 heterocycles. The molecule has 1 atom stereocenters. The number of carbonyl (C=O) groups is 5. The fourth-order valence-corrected chi connectivity index (χ4v) is 6.88. The van der Waals surface area contributed by atoms with Crippen LogP contribution in [0.4, 0.5) is 14.5 Å². The minimum Gasteiger partial charge on any atom is -0.389 e. The zero-order valence-electron chi connectivity index (χ0n) is 31.0. The van der Waals surface area contributed by atoms with Crippen molar-refractivity contribution in [2.24, 2.45) is 11.7 Å². The summed E-state index contributed by atoms with van der Waals surface area (Å²) in [6, 6.07) is 16.6. The number of ether oxygens (including phenoxy) is 2. The summed E-state index contributed by atoms with van der Waals surface area (Å²) in [5.74, 6) is 2.61. The number of unbranched alkanes of at least 4 members (excludes halogenated alkanes) is 1. The number of piperidine rings is 1. The Hall–Kier alpha value is -5.82. The van der Waals surface area contributed by atoms with Crippen molar-refractivity contribution in [1.82, 2.24) is 14.8 Å². The van der Waals surface area contributed by atoms with Gasteiger partial charge in [-0.2, -0.15) is 0 Å². The molecule has 12 nitrogen and oxygen atoms in total. The average Bonchev–Trinajstić information content (AvgIpc) is 3.69. The second-order valence-corrected chi connectivity index (χ2v) is 14.1. The van der Waals surface area contributed by atoms with E-state index >= 15 is 0 Å². The third kappa shape index (κ3) is 9.60. The first-order valence-corrected chi connectivity index (χ1v) is 18.9. The molecule has 2 aliphatic rings. The summed E-state index contributed by atoms with van der Waals surface area (Å²) in [6.45, 7) is -0.334. The van der Waals surface area contributed by atoms with Crippen LogP contribution in [0.5, 0.6) is 0 Å². The molecule has 1 unspecified atom stereocenters. The van der Waals surface area contributed by atoms with Crippen LogP contribution in [0.2, 0.25) is 0 Å². The molecular formula is C42H41F2N5O7S. The van der Waals surface area contributed by atoms with Gasteiger partial charge in [0, 0.05) is 65.9 Å². The Balaban J connectivity index is 0.930. The number of thiocarbonyl (C=S) groups is 1. The number of rotatable bonds is 17. The predicted octanol–water partition coefficient (Wildman–Crippen LogP) is 5.09. The summed E-state index contributed by atoms with van der Waals surface area (Å²) in [7, 11) is 0. The smallest absolute Gasteiger partial charge is 0.263 e.